The average Bonchev–Trinajstić information content (AvgIpc) is 2.64. The molecule has 1 fully saturated rings. The van der Waals surface area contributed by atoms with Crippen molar-refractivity contribution in [3.63, 3.8) is 0 Å². The molecule has 0 bridgehead atoms. The minimum Gasteiger partial charge on any atom is -0.461 e. The average molecular weight is 401 g/mol. The van der Waals surface area contributed by atoms with Gasteiger partial charge in [0.05, 0.1) is 5.92 Å². The van der Waals surface area contributed by atoms with E-state index in [0.717, 1.165) is 10.9 Å². The van der Waals surface area contributed by atoms with E-state index >= 15 is 0 Å². The van der Waals surface area contributed by atoms with Crippen molar-refractivity contribution in [1.82, 2.24) is 4.90 Å². The Hall–Kier alpha value is -2.83. The second-order valence-corrected chi connectivity index (χ2v) is 8.46. The minimum absolute atomic E-state index is 0.0209. The second-order valence-electron chi connectivity index (χ2n) is 8.46. The number of nitrogens with zero attached hydrogens (tertiary/aromatic N) is 1. The van der Waals surface area contributed by atoms with Crippen LogP contribution in [0, 0.1) is 12.8 Å². The number of esters is 1. The normalized spacial score (nSPS) is 17.2. The summed E-state index contributed by atoms with van der Waals surface area (Å²) in [5, 5.41) is 0.738. The van der Waals surface area contributed by atoms with E-state index in [0.29, 0.717) is 30.5 Å². The van der Waals surface area contributed by atoms with Gasteiger partial charge in [0.2, 0.25) is 0 Å². The summed E-state index contributed by atoms with van der Waals surface area (Å²) in [7, 11) is 0. The van der Waals surface area contributed by atoms with E-state index in [1.165, 1.54) is 6.07 Å². The Balaban J connectivity index is 1.66. The number of rotatable bonds is 3. The summed E-state index contributed by atoms with van der Waals surface area (Å²) in [6.07, 6.45) is 0.933. The third-order valence-corrected chi connectivity index (χ3v) is 4.76. The Labute approximate surface area is 169 Å². The molecule has 1 aliphatic heterocycles. The van der Waals surface area contributed by atoms with E-state index in [9.17, 15) is 14.4 Å². The molecule has 7 nitrogen and oxygen atoms in total. The molecule has 1 saturated heterocycles. The molecule has 1 aliphatic rings. The van der Waals surface area contributed by atoms with Crippen LogP contribution in [-0.2, 0) is 20.9 Å². The largest absolute Gasteiger partial charge is 0.461 e. The molecule has 7 heteroatoms. The van der Waals surface area contributed by atoms with E-state index in [4.69, 9.17) is 13.9 Å². The summed E-state index contributed by atoms with van der Waals surface area (Å²) in [6, 6.07) is 6.88. The van der Waals surface area contributed by atoms with Crippen molar-refractivity contribution in [2.75, 3.05) is 13.1 Å². The van der Waals surface area contributed by atoms with Crippen molar-refractivity contribution >= 4 is 23.0 Å². The van der Waals surface area contributed by atoms with Crippen molar-refractivity contribution in [2.45, 2.75) is 52.7 Å². The molecule has 0 saturated carbocycles. The molecular formula is C22H27NO6. The lowest BCUT2D eigenvalue weighted by Gasteiger charge is -2.33. The van der Waals surface area contributed by atoms with Crippen LogP contribution in [0.2, 0.25) is 0 Å². The summed E-state index contributed by atoms with van der Waals surface area (Å²) in [5.74, 6) is -0.795. The van der Waals surface area contributed by atoms with Crippen molar-refractivity contribution in [3.8, 4) is 0 Å². The van der Waals surface area contributed by atoms with E-state index in [2.05, 4.69) is 0 Å². The molecule has 3 rings (SSSR count). The maximum atomic E-state index is 12.6. The molecule has 1 amide bonds. The number of carbonyl (C=O) groups is 2. The zero-order chi connectivity index (χ0) is 21.2. The number of likely N-dealkylation sites (tertiary alicyclic amines) is 1. The van der Waals surface area contributed by atoms with Crippen molar-refractivity contribution in [2.24, 2.45) is 5.92 Å². The zero-order valence-electron chi connectivity index (χ0n) is 17.3. The van der Waals surface area contributed by atoms with Crippen LogP contribution in [0.3, 0.4) is 0 Å². The fourth-order valence-corrected chi connectivity index (χ4v) is 3.39. The van der Waals surface area contributed by atoms with Crippen LogP contribution in [0.1, 0.15) is 44.7 Å². The number of fused-ring (bicyclic) bond motifs is 1. The van der Waals surface area contributed by atoms with Crippen LogP contribution in [0.5, 0.6) is 0 Å². The molecule has 0 aliphatic carbocycles. The first-order valence-corrected chi connectivity index (χ1v) is 9.80. The molecule has 156 valence electrons. The van der Waals surface area contributed by atoms with Crippen LogP contribution in [0.15, 0.2) is 33.5 Å². The smallest absolute Gasteiger partial charge is 0.410 e. The van der Waals surface area contributed by atoms with Gasteiger partial charge in [-0.05, 0) is 52.2 Å². The molecule has 1 aromatic carbocycles. The predicted octanol–water partition coefficient (Wildman–Crippen LogP) is 3.79. The van der Waals surface area contributed by atoms with Crippen LogP contribution < -0.4 is 5.63 Å². The third-order valence-electron chi connectivity index (χ3n) is 4.76. The summed E-state index contributed by atoms with van der Waals surface area (Å²) in [5.41, 5.74) is 0.974. The number of ether oxygens (including phenoxy) is 2. The molecule has 1 unspecified atom stereocenters. The van der Waals surface area contributed by atoms with Crippen LogP contribution >= 0.6 is 0 Å². The minimum atomic E-state index is -0.585. The number of carbonyl (C=O) groups excluding carboxylic acids is 2. The van der Waals surface area contributed by atoms with Gasteiger partial charge in [-0.1, -0.05) is 12.1 Å². The van der Waals surface area contributed by atoms with Gasteiger partial charge in [0.1, 0.15) is 17.8 Å². The number of amides is 1. The molecule has 29 heavy (non-hydrogen) atoms. The van der Waals surface area contributed by atoms with E-state index in [-0.39, 0.29) is 19.1 Å². The standard InChI is InChI=1S/C22H27NO6/c1-14-7-8-17-16(11-19(24)28-18(17)10-14)13-27-20(25)15-6-5-9-23(12-15)21(26)29-22(2,3)4/h7-8,10-11,15H,5-6,9,12-13H2,1-4H3. The second kappa shape index (κ2) is 8.27. The predicted molar refractivity (Wildman–Crippen MR) is 108 cm³/mol. The number of aryl methyl sites for hydroxylation is 1. The number of piperidine rings is 1. The first-order valence-electron chi connectivity index (χ1n) is 9.80. The highest BCUT2D eigenvalue weighted by atomic mass is 16.6. The first kappa shape index (κ1) is 20.9. The lowest BCUT2D eigenvalue weighted by molar-refractivity contribution is -0.151. The topological polar surface area (TPSA) is 86.0 Å². The van der Waals surface area contributed by atoms with Gasteiger partial charge in [0.15, 0.2) is 0 Å². The monoisotopic (exact) mass is 401 g/mol. The van der Waals surface area contributed by atoms with E-state index in [1.807, 2.05) is 39.8 Å². The summed E-state index contributed by atoms with van der Waals surface area (Å²) >= 11 is 0. The van der Waals surface area contributed by atoms with Crippen molar-refractivity contribution in [1.29, 1.82) is 0 Å². The first-order chi connectivity index (χ1) is 13.6. The quantitative estimate of drug-likeness (QED) is 0.574. The molecule has 1 aromatic heterocycles. The lowest BCUT2D eigenvalue weighted by Crippen LogP contribution is -2.45. The van der Waals surface area contributed by atoms with E-state index < -0.39 is 23.2 Å². The number of hydrogen-bond donors (Lipinski definition) is 0. The summed E-state index contributed by atoms with van der Waals surface area (Å²) in [6.45, 7) is 8.14. The van der Waals surface area contributed by atoms with Gasteiger partial charge >= 0.3 is 17.7 Å². The molecule has 2 aromatic rings. The Morgan fingerprint density at radius 3 is 2.72 bits per heavy atom. The molecule has 2 heterocycles. The van der Waals surface area contributed by atoms with Crippen molar-refractivity contribution in [3.05, 3.63) is 45.8 Å². The van der Waals surface area contributed by atoms with E-state index in [1.54, 1.807) is 11.0 Å². The fourth-order valence-electron chi connectivity index (χ4n) is 3.39. The highest BCUT2D eigenvalue weighted by Gasteiger charge is 2.32. The third kappa shape index (κ3) is 5.37. The zero-order valence-corrected chi connectivity index (χ0v) is 17.3. The van der Waals surface area contributed by atoms with Gasteiger partial charge in [0.25, 0.3) is 0 Å². The maximum absolute atomic E-state index is 12.6. The molecular weight excluding hydrogens is 374 g/mol. The fraction of sp³-hybridized carbons (Fsp3) is 0.500. The van der Waals surface area contributed by atoms with Gasteiger partial charge in [-0.2, -0.15) is 0 Å². The molecule has 0 spiro atoms. The highest BCUT2D eigenvalue weighted by Crippen LogP contribution is 2.23. The summed E-state index contributed by atoms with van der Waals surface area (Å²) in [4.78, 5) is 38.3. The van der Waals surface area contributed by atoms with Crippen LogP contribution in [0.4, 0.5) is 4.79 Å². The van der Waals surface area contributed by atoms with Gasteiger partial charge in [0, 0.05) is 30.1 Å². The van der Waals surface area contributed by atoms with Gasteiger partial charge in [-0.15, -0.1) is 0 Å². The van der Waals surface area contributed by atoms with Gasteiger partial charge in [-0.3, -0.25) is 4.79 Å². The molecule has 0 radical (unpaired) electrons. The molecule has 1 atom stereocenters. The lowest BCUT2D eigenvalue weighted by atomic mass is 9.98. The SMILES string of the molecule is Cc1ccc2c(COC(=O)C3CCCN(C(=O)OC(C)(C)C)C3)cc(=O)oc2c1. The number of benzene rings is 1. The maximum Gasteiger partial charge on any atom is 0.410 e. The van der Waals surface area contributed by atoms with Crippen molar-refractivity contribution < 1.29 is 23.5 Å². The van der Waals surface area contributed by atoms with Crippen LogP contribution in [-0.4, -0.2) is 35.7 Å². The Bertz CT molecular complexity index is 971. The summed E-state index contributed by atoms with van der Waals surface area (Å²) < 4.78 is 16.1. The molecule has 0 N–H and O–H groups in total. The Kier molecular flexibility index (Phi) is 5.96. The van der Waals surface area contributed by atoms with Gasteiger partial charge < -0.3 is 18.8 Å². The highest BCUT2D eigenvalue weighted by molar-refractivity contribution is 5.81. The Morgan fingerprint density at radius 1 is 1.24 bits per heavy atom. The number of hydrogen-bond acceptors (Lipinski definition) is 6. The van der Waals surface area contributed by atoms with Crippen LogP contribution in [0.25, 0.3) is 11.0 Å². The van der Waals surface area contributed by atoms with Gasteiger partial charge in [-0.25, -0.2) is 9.59 Å². The Morgan fingerprint density at radius 2 is 2.00 bits per heavy atom.